The maximum atomic E-state index is 13.6. The van der Waals surface area contributed by atoms with Gasteiger partial charge in [0, 0.05) is 29.8 Å². The molecule has 4 bridgehead atoms. The minimum atomic E-state index is -1.10. The van der Waals surface area contributed by atoms with Crippen molar-refractivity contribution >= 4 is 52.3 Å². The van der Waals surface area contributed by atoms with Crippen LogP contribution in [-0.2, 0) is 28.8 Å². The fourth-order valence-electron chi connectivity index (χ4n) is 11.9. The fourth-order valence-corrected chi connectivity index (χ4v) is 13.0. The molecular formula is C44H48N7O5PS. The number of amides is 1. The molecule has 14 heteroatoms. The summed E-state index contributed by atoms with van der Waals surface area (Å²) in [4.78, 5) is 37.9. The molecule has 3 aromatic heterocycles. The molecule has 3 N–H and O–H groups in total. The Kier molecular flexibility index (Phi) is 9.96. The number of carbonyl (C=O) groups is 2. The number of carboxylic acids is 1. The van der Waals surface area contributed by atoms with Crippen LogP contribution in [0.3, 0.4) is 0 Å². The summed E-state index contributed by atoms with van der Waals surface area (Å²) in [7, 11) is -0.0872. The first-order valence-corrected chi connectivity index (χ1v) is 21.7. The number of fused-ring (bicyclic) bond motifs is 2. The van der Waals surface area contributed by atoms with Gasteiger partial charge >= 0.3 is 150 Å². The summed E-state index contributed by atoms with van der Waals surface area (Å²) in [5, 5.41) is 22.2. The number of aromatic nitrogens is 4. The van der Waals surface area contributed by atoms with Crippen LogP contribution >= 0.6 is 19.3 Å². The predicted molar refractivity (Wildman–Crippen MR) is 225 cm³/mol. The van der Waals surface area contributed by atoms with Crippen molar-refractivity contribution < 1.29 is 24.0 Å². The Hall–Kier alpha value is -4.64. The monoisotopic (exact) mass is 817 g/mol. The van der Waals surface area contributed by atoms with Gasteiger partial charge in [-0.2, -0.15) is 0 Å². The predicted octanol–water partition coefficient (Wildman–Crippen LogP) is 8.35. The molecular weight excluding hydrogens is 770 g/mol. The maximum absolute atomic E-state index is 13.6. The number of rotatable bonds is 12. The Morgan fingerprint density at radius 2 is 1.79 bits per heavy atom. The Bertz CT molecular complexity index is 2520. The standard InChI is InChI=1S/C44H48N7O5PS/c1-28-32(19-46-51(28)27-43-22-41(2)21-42(3,23-43)25-44(24-41,26-43)56-17-14-45-15-18-57-55)30-11-12-36(48-37(30)39(53)54)50-16-13-29-7-6-8-31(33(29)20-50)38(52)49-40-47-34-9-4-5-10-35(34)58-40/h4-12,19,45H,13-17,20-27H2,1-3H3,(H,53,54)(H,47,49,52). The number of carboxylic acid groups (broad SMARTS) is 1. The molecule has 300 valence electrons. The number of ether oxygens (including phenoxy) is 1. The Morgan fingerprint density at radius 3 is 2.57 bits per heavy atom. The van der Waals surface area contributed by atoms with Crippen molar-refractivity contribution in [2.24, 2.45) is 16.2 Å². The molecule has 4 aliphatic carbocycles. The number of nitrogens with one attached hydrogen (secondary N) is 2. The van der Waals surface area contributed by atoms with Gasteiger partial charge in [0.15, 0.2) is 10.8 Å². The molecule has 0 saturated heterocycles. The molecule has 2 unspecified atom stereocenters. The van der Waals surface area contributed by atoms with Crippen molar-refractivity contribution in [1.29, 1.82) is 0 Å². The van der Waals surface area contributed by atoms with Crippen molar-refractivity contribution in [3.8, 4) is 16.8 Å². The molecule has 4 saturated carbocycles. The van der Waals surface area contributed by atoms with E-state index in [1.165, 1.54) is 17.8 Å². The Balaban J connectivity index is 0.942. The first-order valence-electron chi connectivity index (χ1n) is 20.1. The zero-order valence-corrected chi connectivity index (χ0v) is 34.8. The number of nitrogens with zero attached hydrogens (tertiary/aromatic N) is 5. The summed E-state index contributed by atoms with van der Waals surface area (Å²) in [6, 6.07) is 17.3. The molecule has 1 amide bonds. The van der Waals surface area contributed by atoms with E-state index in [0.717, 1.165) is 71.2 Å². The number of para-hydroxylation sites is 1. The minimum absolute atomic E-state index is 0.00908. The molecule has 4 fully saturated rings. The van der Waals surface area contributed by atoms with E-state index in [4.69, 9.17) is 14.8 Å². The van der Waals surface area contributed by atoms with E-state index in [1.807, 2.05) is 61.5 Å². The van der Waals surface area contributed by atoms with Crippen LogP contribution in [0.5, 0.6) is 0 Å². The van der Waals surface area contributed by atoms with Gasteiger partial charge in [0.2, 0.25) is 0 Å². The van der Waals surface area contributed by atoms with Crippen molar-refractivity contribution in [1.82, 2.24) is 25.1 Å². The van der Waals surface area contributed by atoms with E-state index in [-0.39, 0.29) is 41.4 Å². The van der Waals surface area contributed by atoms with Gasteiger partial charge < -0.3 is 10.0 Å². The molecule has 10 rings (SSSR count). The van der Waals surface area contributed by atoms with Gasteiger partial charge in [0.1, 0.15) is 5.82 Å². The van der Waals surface area contributed by atoms with Gasteiger partial charge in [-0.25, -0.2) is 14.8 Å². The van der Waals surface area contributed by atoms with Crippen molar-refractivity contribution in [2.45, 2.75) is 84.4 Å². The third-order valence-corrected chi connectivity index (χ3v) is 14.2. The molecule has 58 heavy (non-hydrogen) atoms. The molecule has 5 aliphatic rings. The Labute approximate surface area is 342 Å². The third kappa shape index (κ3) is 7.32. The third-order valence-electron chi connectivity index (χ3n) is 12.9. The fraction of sp³-hybridized carbons (Fsp3) is 0.455. The van der Waals surface area contributed by atoms with Crippen molar-refractivity contribution in [2.75, 3.05) is 36.5 Å². The quantitative estimate of drug-likeness (QED) is 0.0828. The van der Waals surface area contributed by atoms with E-state index >= 15 is 0 Å². The number of hydrogen-bond donors (Lipinski definition) is 3. The molecule has 0 radical (unpaired) electrons. The van der Waals surface area contributed by atoms with E-state index in [1.54, 1.807) is 6.20 Å². The van der Waals surface area contributed by atoms with Gasteiger partial charge in [0.05, 0.1) is 16.4 Å². The Morgan fingerprint density at radius 1 is 0.983 bits per heavy atom. The van der Waals surface area contributed by atoms with Crippen molar-refractivity contribution in [3.05, 3.63) is 88.9 Å². The second kappa shape index (κ2) is 14.9. The van der Waals surface area contributed by atoms with Gasteiger partial charge in [-0.05, 0) is 54.8 Å². The molecule has 1 aliphatic heterocycles. The topological polar surface area (TPSA) is 152 Å². The summed E-state index contributed by atoms with van der Waals surface area (Å²) in [5.41, 5.74) is 8.51. The van der Waals surface area contributed by atoms with Gasteiger partial charge in [-0.3, -0.25) is 10.1 Å². The van der Waals surface area contributed by atoms with E-state index in [9.17, 15) is 19.3 Å². The van der Waals surface area contributed by atoms with E-state index in [2.05, 4.69) is 44.7 Å². The SMILES string of the molecule is Cc1c(-c2ccc(N3CCc4cccc(C(=O)Nc5nc6ccccc6s5)c4C3)nc2C(=O)O)cnn1CC12CC3(C)CC(C)(C1)CC(OCCNCC#P=O)(C3)C2. The molecule has 4 heterocycles. The summed E-state index contributed by atoms with van der Waals surface area (Å²) >= 11 is 1.44. The summed E-state index contributed by atoms with van der Waals surface area (Å²) < 4.78 is 20.6. The second-order valence-electron chi connectivity index (χ2n) is 17.9. The first kappa shape index (κ1) is 38.9. The number of carbonyl (C=O) groups excluding carboxylic acids is 1. The van der Waals surface area contributed by atoms with E-state index in [0.29, 0.717) is 61.3 Å². The summed E-state index contributed by atoms with van der Waals surface area (Å²) in [6.45, 7) is 10.4. The van der Waals surface area contributed by atoms with Gasteiger partial charge in [-0.1, -0.05) is 35.6 Å². The zero-order chi connectivity index (χ0) is 40.3. The van der Waals surface area contributed by atoms with Crippen LogP contribution in [0.4, 0.5) is 10.9 Å². The van der Waals surface area contributed by atoms with Gasteiger partial charge in [-0.15, -0.1) is 0 Å². The number of anilines is 2. The normalized spacial score (nSPS) is 25.7. The van der Waals surface area contributed by atoms with Crippen LogP contribution in [0.25, 0.3) is 21.3 Å². The van der Waals surface area contributed by atoms with Gasteiger partial charge in [0.25, 0.3) is 5.91 Å². The summed E-state index contributed by atoms with van der Waals surface area (Å²) in [5.74, 6) is -0.774. The first-order chi connectivity index (χ1) is 27.9. The van der Waals surface area contributed by atoms with Crippen molar-refractivity contribution in [3.63, 3.8) is 0 Å². The second-order valence-corrected chi connectivity index (χ2v) is 19.4. The number of benzene rings is 2. The van der Waals surface area contributed by atoms with Crippen LogP contribution < -0.4 is 15.5 Å². The van der Waals surface area contributed by atoms with Crippen LogP contribution in [0.2, 0.25) is 0 Å². The average Bonchev–Trinajstić information content (AvgIpc) is 3.75. The number of hydrogen-bond acceptors (Lipinski definition) is 10. The number of pyridine rings is 1. The zero-order valence-electron chi connectivity index (χ0n) is 33.1. The van der Waals surface area contributed by atoms with Crippen LogP contribution in [0.1, 0.15) is 90.0 Å². The molecule has 0 spiro atoms. The molecule has 2 atom stereocenters. The molecule has 12 nitrogen and oxygen atoms in total. The number of thiazole rings is 1. The van der Waals surface area contributed by atoms with Crippen LogP contribution in [0, 0.1) is 28.8 Å². The average molecular weight is 818 g/mol. The van der Waals surface area contributed by atoms with E-state index < -0.39 is 5.97 Å². The number of aromatic carboxylic acids is 1. The summed E-state index contributed by atoms with van der Waals surface area (Å²) in [6.07, 6.45) is 8.99. The van der Waals surface area contributed by atoms with Crippen LogP contribution in [-0.4, -0.2) is 68.6 Å². The molecule has 5 aromatic rings. The molecule has 2 aromatic carbocycles. The van der Waals surface area contributed by atoms with Crippen LogP contribution in [0.15, 0.2) is 60.8 Å².